The van der Waals surface area contributed by atoms with Crippen molar-refractivity contribution in [2.24, 2.45) is 0 Å². The molecule has 0 fully saturated rings. The molecule has 4 nitrogen and oxygen atoms in total. The molecule has 0 aliphatic rings. The molecule has 18 heavy (non-hydrogen) atoms. The van der Waals surface area contributed by atoms with Crippen LogP contribution in [0.3, 0.4) is 0 Å². The van der Waals surface area contributed by atoms with Gasteiger partial charge in [0.25, 0.3) is 5.91 Å². The topological polar surface area (TPSA) is 49.0 Å². The number of nitrogens with zero attached hydrogens (tertiary/aromatic N) is 2. The number of aromatic nitrogens is 2. The number of aryl methyl sites for hydroxylation is 1. The highest BCUT2D eigenvalue weighted by Crippen LogP contribution is 2.13. The molecule has 1 heterocycles. The predicted octanol–water partition coefficient (Wildman–Crippen LogP) is 2.13. The average Bonchev–Trinajstić information content (AvgIpc) is 2.81. The third kappa shape index (κ3) is 2.56. The highest BCUT2D eigenvalue weighted by atomic mass is 19.1. The Morgan fingerprint density at radius 2 is 2.28 bits per heavy atom. The van der Waals surface area contributed by atoms with Gasteiger partial charge in [-0.25, -0.2) is 4.39 Å². The van der Waals surface area contributed by atoms with Gasteiger partial charge in [0.15, 0.2) is 0 Å². The summed E-state index contributed by atoms with van der Waals surface area (Å²) in [5, 5.41) is 6.47. The SMILES string of the molecule is Cc1ccc(C(=O)N(C)Cc2cn[nH]c2)c(F)c1. The Balaban J connectivity index is 2.15. The summed E-state index contributed by atoms with van der Waals surface area (Å²) < 4.78 is 13.7. The van der Waals surface area contributed by atoms with Gasteiger partial charge in [-0.3, -0.25) is 9.89 Å². The second-order valence-corrected chi connectivity index (χ2v) is 4.25. The Hall–Kier alpha value is -2.17. The molecule has 0 radical (unpaired) electrons. The minimum Gasteiger partial charge on any atom is -0.337 e. The molecular formula is C13H14FN3O. The Kier molecular flexibility index (Phi) is 3.41. The summed E-state index contributed by atoms with van der Waals surface area (Å²) in [6.45, 7) is 2.18. The van der Waals surface area contributed by atoms with Gasteiger partial charge in [-0.2, -0.15) is 5.10 Å². The van der Waals surface area contributed by atoms with Crippen LogP contribution in [0, 0.1) is 12.7 Å². The molecule has 1 N–H and O–H groups in total. The normalized spacial score (nSPS) is 10.4. The molecule has 0 aliphatic carbocycles. The summed E-state index contributed by atoms with van der Waals surface area (Å²) in [6.07, 6.45) is 3.34. The molecule has 0 saturated heterocycles. The van der Waals surface area contributed by atoms with Gasteiger partial charge in [0.2, 0.25) is 0 Å². The van der Waals surface area contributed by atoms with E-state index in [1.165, 1.54) is 17.0 Å². The average molecular weight is 247 g/mol. The van der Waals surface area contributed by atoms with E-state index in [-0.39, 0.29) is 11.5 Å². The number of aromatic amines is 1. The third-order valence-corrected chi connectivity index (χ3v) is 2.68. The molecule has 94 valence electrons. The first-order valence-corrected chi connectivity index (χ1v) is 5.57. The number of amides is 1. The van der Waals surface area contributed by atoms with Gasteiger partial charge in [0.05, 0.1) is 11.8 Å². The van der Waals surface area contributed by atoms with Crippen molar-refractivity contribution in [2.45, 2.75) is 13.5 Å². The van der Waals surface area contributed by atoms with Crippen LogP contribution in [0.5, 0.6) is 0 Å². The van der Waals surface area contributed by atoms with Crippen LogP contribution in [0.2, 0.25) is 0 Å². The molecule has 0 atom stereocenters. The molecular weight excluding hydrogens is 233 g/mol. The van der Waals surface area contributed by atoms with E-state index >= 15 is 0 Å². The zero-order valence-electron chi connectivity index (χ0n) is 10.3. The van der Waals surface area contributed by atoms with E-state index < -0.39 is 5.82 Å². The maximum absolute atomic E-state index is 13.7. The van der Waals surface area contributed by atoms with Crippen LogP contribution in [0.1, 0.15) is 21.5 Å². The van der Waals surface area contributed by atoms with Crippen molar-refractivity contribution in [3.05, 3.63) is 53.1 Å². The quantitative estimate of drug-likeness (QED) is 0.903. The second-order valence-electron chi connectivity index (χ2n) is 4.25. The van der Waals surface area contributed by atoms with E-state index in [2.05, 4.69) is 10.2 Å². The number of halogens is 1. The zero-order chi connectivity index (χ0) is 13.1. The van der Waals surface area contributed by atoms with Gasteiger partial charge in [0, 0.05) is 25.4 Å². The number of hydrogen-bond acceptors (Lipinski definition) is 2. The van der Waals surface area contributed by atoms with Gasteiger partial charge >= 0.3 is 0 Å². The number of nitrogens with one attached hydrogen (secondary N) is 1. The fourth-order valence-electron chi connectivity index (χ4n) is 1.71. The van der Waals surface area contributed by atoms with Crippen molar-refractivity contribution in [3.8, 4) is 0 Å². The molecule has 0 aliphatic heterocycles. The molecule has 1 amide bonds. The molecule has 5 heteroatoms. The van der Waals surface area contributed by atoms with Gasteiger partial charge in [0.1, 0.15) is 5.82 Å². The van der Waals surface area contributed by atoms with Crippen LogP contribution >= 0.6 is 0 Å². The van der Waals surface area contributed by atoms with E-state index in [9.17, 15) is 9.18 Å². The van der Waals surface area contributed by atoms with E-state index in [4.69, 9.17) is 0 Å². The predicted molar refractivity (Wildman–Crippen MR) is 65.5 cm³/mol. The summed E-state index contributed by atoms with van der Waals surface area (Å²) in [4.78, 5) is 13.5. The second kappa shape index (κ2) is 5.00. The minimum absolute atomic E-state index is 0.0894. The largest absolute Gasteiger partial charge is 0.337 e. The zero-order valence-corrected chi connectivity index (χ0v) is 10.3. The van der Waals surface area contributed by atoms with E-state index in [1.807, 2.05) is 0 Å². The summed E-state index contributed by atoms with van der Waals surface area (Å²) in [7, 11) is 1.63. The van der Waals surface area contributed by atoms with Crippen molar-refractivity contribution in [1.82, 2.24) is 15.1 Å². The van der Waals surface area contributed by atoms with Crippen LogP contribution in [0.4, 0.5) is 4.39 Å². The highest BCUT2D eigenvalue weighted by molar-refractivity contribution is 5.94. The monoisotopic (exact) mass is 247 g/mol. The van der Waals surface area contributed by atoms with Crippen molar-refractivity contribution in [1.29, 1.82) is 0 Å². The molecule has 2 aromatic rings. The molecule has 0 saturated carbocycles. The van der Waals surface area contributed by atoms with Gasteiger partial charge in [-0.05, 0) is 24.6 Å². The summed E-state index contributed by atoms with van der Waals surface area (Å²) in [5.41, 5.74) is 1.76. The molecule has 1 aromatic heterocycles. The summed E-state index contributed by atoms with van der Waals surface area (Å²) >= 11 is 0. The molecule has 2 rings (SSSR count). The summed E-state index contributed by atoms with van der Waals surface area (Å²) in [5.74, 6) is -0.826. The number of H-pyrrole nitrogens is 1. The number of rotatable bonds is 3. The molecule has 0 bridgehead atoms. The molecule has 0 spiro atoms. The van der Waals surface area contributed by atoms with Gasteiger partial charge in [-0.1, -0.05) is 6.07 Å². The van der Waals surface area contributed by atoms with Crippen LogP contribution in [-0.2, 0) is 6.54 Å². The van der Waals surface area contributed by atoms with Crippen LogP contribution < -0.4 is 0 Å². The van der Waals surface area contributed by atoms with Crippen molar-refractivity contribution < 1.29 is 9.18 Å². The van der Waals surface area contributed by atoms with Crippen molar-refractivity contribution in [3.63, 3.8) is 0 Å². The van der Waals surface area contributed by atoms with E-state index in [0.29, 0.717) is 6.54 Å². The molecule has 0 unspecified atom stereocenters. The lowest BCUT2D eigenvalue weighted by molar-refractivity contribution is 0.0780. The van der Waals surface area contributed by atoms with E-state index in [1.54, 1.807) is 32.4 Å². The Bertz CT molecular complexity index is 551. The first-order valence-electron chi connectivity index (χ1n) is 5.57. The standard InChI is InChI=1S/C13H14FN3O/c1-9-3-4-11(12(14)5-9)13(18)17(2)8-10-6-15-16-7-10/h3-7H,8H2,1-2H3,(H,15,16). The Labute approximate surface area is 104 Å². The smallest absolute Gasteiger partial charge is 0.256 e. The lowest BCUT2D eigenvalue weighted by atomic mass is 10.1. The third-order valence-electron chi connectivity index (χ3n) is 2.68. The molecule has 1 aromatic carbocycles. The van der Waals surface area contributed by atoms with E-state index in [0.717, 1.165) is 11.1 Å². The Morgan fingerprint density at radius 3 is 2.89 bits per heavy atom. The summed E-state index contributed by atoms with van der Waals surface area (Å²) in [6, 6.07) is 4.60. The Morgan fingerprint density at radius 1 is 1.50 bits per heavy atom. The number of carbonyl (C=O) groups excluding carboxylic acids is 1. The number of hydrogen-bond donors (Lipinski definition) is 1. The minimum atomic E-state index is -0.487. The van der Waals surface area contributed by atoms with Crippen molar-refractivity contribution in [2.75, 3.05) is 7.05 Å². The van der Waals surface area contributed by atoms with Crippen LogP contribution in [0.25, 0.3) is 0 Å². The maximum Gasteiger partial charge on any atom is 0.256 e. The van der Waals surface area contributed by atoms with Crippen LogP contribution in [0.15, 0.2) is 30.6 Å². The fourth-order valence-corrected chi connectivity index (χ4v) is 1.71. The fraction of sp³-hybridized carbons (Fsp3) is 0.231. The number of benzene rings is 1. The van der Waals surface area contributed by atoms with Crippen LogP contribution in [-0.4, -0.2) is 28.1 Å². The van der Waals surface area contributed by atoms with Crippen molar-refractivity contribution >= 4 is 5.91 Å². The lowest BCUT2D eigenvalue weighted by Crippen LogP contribution is -2.26. The lowest BCUT2D eigenvalue weighted by Gasteiger charge is -2.16. The highest BCUT2D eigenvalue weighted by Gasteiger charge is 2.16. The number of carbonyl (C=O) groups is 1. The first kappa shape index (κ1) is 12.3. The maximum atomic E-state index is 13.7. The van der Waals surface area contributed by atoms with Gasteiger partial charge in [-0.15, -0.1) is 0 Å². The van der Waals surface area contributed by atoms with Gasteiger partial charge < -0.3 is 4.90 Å². The first-order chi connectivity index (χ1) is 8.58.